The molecular formula is C28H21ClN4O2. The van der Waals surface area contributed by atoms with Crippen LogP contribution in [-0.4, -0.2) is 20.4 Å². The first-order chi connectivity index (χ1) is 17.1. The molecule has 0 radical (unpaired) electrons. The van der Waals surface area contributed by atoms with Crippen LogP contribution >= 0.6 is 11.6 Å². The number of carbonyl (C=O) groups is 1. The summed E-state index contributed by atoms with van der Waals surface area (Å²) in [4.78, 5) is 37.9. The van der Waals surface area contributed by atoms with Crippen molar-refractivity contribution in [3.8, 4) is 0 Å². The topological polar surface area (TPSA) is 68.1 Å². The Morgan fingerprint density at radius 1 is 0.829 bits per heavy atom. The van der Waals surface area contributed by atoms with Gasteiger partial charge in [-0.1, -0.05) is 60.1 Å². The summed E-state index contributed by atoms with van der Waals surface area (Å²) in [5.41, 5.74) is 1.96. The third-order valence-electron chi connectivity index (χ3n) is 5.69. The molecule has 0 aliphatic rings. The standard InChI is InChI=1S/C28H21ClN4O2/c29-23-13-11-21(12-14-23)19-33-26-22(9-6-16-31-26)17-24(28(33)35)27(34)32(25-10-4-5-15-30-25)18-20-7-2-1-3-8-20/h1-17H,18-19H2. The van der Waals surface area contributed by atoms with Crippen molar-refractivity contribution in [2.24, 2.45) is 0 Å². The number of hydrogen-bond donors (Lipinski definition) is 0. The maximum absolute atomic E-state index is 13.9. The lowest BCUT2D eigenvalue weighted by molar-refractivity contribution is 0.0982. The van der Waals surface area contributed by atoms with Gasteiger partial charge in [0.15, 0.2) is 0 Å². The van der Waals surface area contributed by atoms with Gasteiger partial charge in [0.1, 0.15) is 17.0 Å². The zero-order chi connectivity index (χ0) is 24.2. The highest BCUT2D eigenvalue weighted by molar-refractivity contribution is 6.30. The summed E-state index contributed by atoms with van der Waals surface area (Å²) in [6, 6.07) is 27.5. The Kier molecular flexibility index (Phi) is 6.37. The van der Waals surface area contributed by atoms with Gasteiger partial charge in [-0.15, -0.1) is 0 Å². The second-order valence-corrected chi connectivity index (χ2v) is 8.49. The monoisotopic (exact) mass is 480 g/mol. The second kappa shape index (κ2) is 9.91. The Morgan fingerprint density at radius 2 is 1.57 bits per heavy atom. The largest absolute Gasteiger partial charge is 0.288 e. The summed E-state index contributed by atoms with van der Waals surface area (Å²) in [5.74, 6) is 0.0458. The molecule has 0 saturated heterocycles. The second-order valence-electron chi connectivity index (χ2n) is 8.06. The number of fused-ring (bicyclic) bond motifs is 1. The van der Waals surface area contributed by atoms with Crippen molar-refractivity contribution in [3.05, 3.63) is 135 Å². The van der Waals surface area contributed by atoms with Crippen molar-refractivity contribution in [2.75, 3.05) is 4.90 Å². The van der Waals surface area contributed by atoms with Gasteiger partial charge in [-0.2, -0.15) is 0 Å². The molecule has 2 aromatic carbocycles. The molecular weight excluding hydrogens is 460 g/mol. The van der Waals surface area contributed by atoms with Crippen molar-refractivity contribution in [3.63, 3.8) is 0 Å². The van der Waals surface area contributed by atoms with E-state index in [0.29, 0.717) is 21.9 Å². The Balaban J connectivity index is 1.63. The lowest BCUT2D eigenvalue weighted by atomic mass is 10.1. The maximum Gasteiger partial charge on any atom is 0.265 e. The highest BCUT2D eigenvalue weighted by atomic mass is 35.5. The van der Waals surface area contributed by atoms with Crippen LogP contribution in [0.1, 0.15) is 21.5 Å². The Hall–Kier alpha value is -4.29. The highest BCUT2D eigenvalue weighted by Crippen LogP contribution is 2.20. The Morgan fingerprint density at radius 3 is 2.31 bits per heavy atom. The summed E-state index contributed by atoms with van der Waals surface area (Å²) >= 11 is 6.03. The van der Waals surface area contributed by atoms with Gasteiger partial charge < -0.3 is 0 Å². The average Bonchev–Trinajstić information content (AvgIpc) is 2.90. The Bertz CT molecular complexity index is 1540. The minimum atomic E-state index is -0.423. The van der Waals surface area contributed by atoms with Crippen LogP contribution in [0.5, 0.6) is 0 Å². The fourth-order valence-corrected chi connectivity index (χ4v) is 4.09. The molecule has 0 N–H and O–H groups in total. The van der Waals surface area contributed by atoms with Crippen LogP contribution in [0.15, 0.2) is 108 Å². The SMILES string of the molecule is O=C(c1cc2cccnc2n(Cc2ccc(Cl)cc2)c1=O)N(Cc1ccccc1)c1ccccn1. The molecule has 0 atom stereocenters. The van der Waals surface area contributed by atoms with E-state index in [1.54, 1.807) is 48.8 Å². The number of carbonyl (C=O) groups excluding carboxylic acids is 1. The normalized spacial score (nSPS) is 10.9. The number of amides is 1. The van der Waals surface area contributed by atoms with Crippen LogP contribution in [0.4, 0.5) is 5.82 Å². The van der Waals surface area contributed by atoms with Crippen LogP contribution in [0.3, 0.4) is 0 Å². The zero-order valence-electron chi connectivity index (χ0n) is 18.7. The van der Waals surface area contributed by atoms with Crippen LogP contribution in [0.25, 0.3) is 11.0 Å². The van der Waals surface area contributed by atoms with E-state index in [4.69, 9.17) is 11.6 Å². The molecule has 172 valence electrons. The predicted octanol–water partition coefficient (Wildman–Crippen LogP) is 5.34. The van der Waals surface area contributed by atoms with Gasteiger partial charge in [0.05, 0.1) is 13.1 Å². The van der Waals surface area contributed by atoms with Crippen molar-refractivity contribution in [1.82, 2.24) is 14.5 Å². The van der Waals surface area contributed by atoms with Gasteiger partial charge >= 0.3 is 0 Å². The van der Waals surface area contributed by atoms with E-state index in [2.05, 4.69) is 9.97 Å². The van der Waals surface area contributed by atoms with Gasteiger partial charge in [-0.25, -0.2) is 9.97 Å². The van der Waals surface area contributed by atoms with E-state index in [1.165, 1.54) is 9.47 Å². The third kappa shape index (κ3) is 4.83. The molecule has 0 aliphatic heterocycles. The minimum absolute atomic E-state index is 0.0565. The first kappa shape index (κ1) is 22.5. The smallest absolute Gasteiger partial charge is 0.265 e. The van der Waals surface area contributed by atoms with Gasteiger partial charge in [0.25, 0.3) is 11.5 Å². The van der Waals surface area contributed by atoms with Gasteiger partial charge in [0, 0.05) is 22.8 Å². The zero-order valence-corrected chi connectivity index (χ0v) is 19.5. The first-order valence-corrected chi connectivity index (χ1v) is 11.5. The molecule has 5 rings (SSSR count). The molecule has 1 amide bonds. The van der Waals surface area contributed by atoms with E-state index >= 15 is 0 Å². The van der Waals surface area contributed by atoms with Gasteiger partial charge in [-0.3, -0.25) is 19.1 Å². The molecule has 0 spiro atoms. The number of pyridine rings is 3. The number of nitrogens with zero attached hydrogens (tertiary/aromatic N) is 4. The number of anilines is 1. The van der Waals surface area contributed by atoms with Crippen LogP contribution in [0, 0.1) is 0 Å². The molecule has 35 heavy (non-hydrogen) atoms. The molecule has 0 bridgehead atoms. The number of halogens is 1. The fraction of sp³-hybridized carbons (Fsp3) is 0.0714. The van der Waals surface area contributed by atoms with E-state index < -0.39 is 11.5 Å². The van der Waals surface area contributed by atoms with E-state index in [-0.39, 0.29) is 18.7 Å². The summed E-state index contributed by atoms with van der Waals surface area (Å²) in [5, 5.41) is 1.31. The highest BCUT2D eigenvalue weighted by Gasteiger charge is 2.24. The lowest BCUT2D eigenvalue weighted by Crippen LogP contribution is -2.37. The molecule has 0 aliphatic carbocycles. The van der Waals surface area contributed by atoms with E-state index in [1.807, 2.05) is 54.6 Å². The molecule has 6 nitrogen and oxygen atoms in total. The van der Waals surface area contributed by atoms with E-state index in [0.717, 1.165) is 11.1 Å². The van der Waals surface area contributed by atoms with Crippen LogP contribution in [-0.2, 0) is 13.1 Å². The molecule has 3 heterocycles. The van der Waals surface area contributed by atoms with E-state index in [9.17, 15) is 9.59 Å². The molecule has 0 unspecified atom stereocenters. The maximum atomic E-state index is 13.9. The summed E-state index contributed by atoms with van der Waals surface area (Å²) in [7, 11) is 0. The number of hydrogen-bond acceptors (Lipinski definition) is 4. The quantitative estimate of drug-likeness (QED) is 0.329. The van der Waals surface area contributed by atoms with Crippen molar-refractivity contribution in [1.29, 1.82) is 0 Å². The van der Waals surface area contributed by atoms with Crippen molar-refractivity contribution >= 4 is 34.4 Å². The molecule has 0 fully saturated rings. The Labute approximate surface area is 207 Å². The van der Waals surface area contributed by atoms with Crippen molar-refractivity contribution < 1.29 is 4.79 Å². The van der Waals surface area contributed by atoms with Crippen molar-refractivity contribution in [2.45, 2.75) is 13.1 Å². The fourth-order valence-electron chi connectivity index (χ4n) is 3.96. The van der Waals surface area contributed by atoms with Gasteiger partial charge in [-0.05, 0) is 53.6 Å². The molecule has 0 saturated carbocycles. The summed E-state index contributed by atoms with van der Waals surface area (Å²) < 4.78 is 1.53. The van der Waals surface area contributed by atoms with Crippen LogP contribution < -0.4 is 10.5 Å². The third-order valence-corrected chi connectivity index (χ3v) is 5.94. The lowest BCUT2D eigenvalue weighted by Gasteiger charge is -2.22. The summed E-state index contributed by atoms with van der Waals surface area (Å²) in [6.45, 7) is 0.533. The summed E-state index contributed by atoms with van der Waals surface area (Å²) in [6.07, 6.45) is 3.26. The van der Waals surface area contributed by atoms with Gasteiger partial charge in [0.2, 0.25) is 0 Å². The predicted molar refractivity (Wildman–Crippen MR) is 138 cm³/mol. The first-order valence-electron chi connectivity index (χ1n) is 11.1. The average molecular weight is 481 g/mol. The molecule has 3 aromatic heterocycles. The minimum Gasteiger partial charge on any atom is -0.288 e. The number of aromatic nitrogens is 3. The molecule has 5 aromatic rings. The molecule has 7 heteroatoms. The van der Waals surface area contributed by atoms with Crippen LogP contribution in [0.2, 0.25) is 5.02 Å². The number of benzene rings is 2. The number of rotatable bonds is 6.